The summed E-state index contributed by atoms with van der Waals surface area (Å²) in [5, 5.41) is 2.54. The minimum absolute atomic E-state index is 0.391. The zero-order valence-corrected chi connectivity index (χ0v) is 27.9. The Hall–Kier alpha value is -6.64. The van der Waals surface area contributed by atoms with Gasteiger partial charge in [0.25, 0.3) is 0 Å². The number of aromatic nitrogens is 1. The first-order valence-corrected chi connectivity index (χ1v) is 17.7. The summed E-state index contributed by atoms with van der Waals surface area (Å²) >= 11 is 0. The molecule has 0 bridgehead atoms. The highest BCUT2D eigenvalue weighted by atomic mass is 15.1. The van der Waals surface area contributed by atoms with Gasteiger partial charge >= 0.3 is 0 Å². The van der Waals surface area contributed by atoms with E-state index in [1.807, 2.05) is 0 Å². The van der Waals surface area contributed by atoms with Crippen LogP contribution in [0, 0.1) is 0 Å². The van der Waals surface area contributed by atoms with Crippen LogP contribution in [0.4, 0.5) is 17.1 Å². The normalized spacial score (nSPS) is 13.3. The van der Waals surface area contributed by atoms with Gasteiger partial charge in [0.1, 0.15) is 0 Å². The fraction of sp³-hybridized carbons (Fsp3) is 0.0204. The van der Waals surface area contributed by atoms with Crippen LogP contribution in [-0.4, -0.2) is 4.57 Å². The molecule has 1 heterocycles. The number of anilines is 3. The molecule has 11 rings (SSSR count). The molecule has 1 aromatic heterocycles. The summed E-state index contributed by atoms with van der Waals surface area (Å²) in [6.07, 6.45) is 0. The van der Waals surface area contributed by atoms with Gasteiger partial charge in [-0.1, -0.05) is 133 Å². The monoisotopic (exact) mass is 648 g/mol. The first-order chi connectivity index (χ1) is 25.3. The zero-order valence-electron chi connectivity index (χ0n) is 27.9. The molecule has 1 spiro atoms. The lowest BCUT2D eigenvalue weighted by atomic mass is 9.70. The Balaban J connectivity index is 1.12. The number of rotatable bonds is 4. The average Bonchev–Trinajstić information content (AvgIpc) is 3.81. The molecule has 2 heteroatoms. The maximum absolute atomic E-state index is 2.46. The van der Waals surface area contributed by atoms with Crippen LogP contribution in [-0.2, 0) is 5.41 Å². The number of hydrogen-bond acceptors (Lipinski definition) is 1. The highest BCUT2D eigenvalue weighted by molar-refractivity contribution is 6.09. The Morgan fingerprint density at radius 3 is 1.33 bits per heavy atom. The van der Waals surface area contributed by atoms with Crippen LogP contribution < -0.4 is 4.90 Å². The molecule has 0 fully saturated rings. The lowest BCUT2D eigenvalue weighted by molar-refractivity contribution is 0.793. The van der Waals surface area contributed by atoms with Gasteiger partial charge < -0.3 is 9.47 Å². The highest BCUT2D eigenvalue weighted by Crippen LogP contribution is 2.63. The first kappa shape index (κ1) is 28.2. The third-order valence-electron chi connectivity index (χ3n) is 11.2. The van der Waals surface area contributed by atoms with E-state index < -0.39 is 5.41 Å². The third kappa shape index (κ3) is 3.82. The van der Waals surface area contributed by atoms with Crippen molar-refractivity contribution in [2.75, 3.05) is 4.90 Å². The van der Waals surface area contributed by atoms with Crippen molar-refractivity contribution in [3.63, 3.8) is 0 Å². The molecule has 51 heavy (non-hydrogen) atoms. The van der Waals surface area contributed by atoms with Crippen LogP contribution in [0.3, 0.4) is 0 Å². The molecule has 238 valence electrons. The largest absolute Gasteiger partial charge is 0.310 e. The van der Waals surface area contributed by atoms with E-state index in [0.29, 0.717) is 0 Å². The van der Waals surface area contributed by atoms with E-state index in [4.69, 9.17) is 0 Å². The third-order valence-corrected chi connectivity index (χ3v) is 11.2. The Labute approximate surface area is 297 Å². The molecule has 8 aromatic carbocycles. The summed E-state index contributed by atoms with van der Waals surface area (Å²) in [5.74, 6) is 0. The zero-order chi connectivity index (χ0) is 33.5. The van der Waals surface area contributed by atoms with Crippen LogP contribution in [0.2, 0.25) is 0 Å². The number of fused-ring (bicyclic) bond motifs is 13. The molecule has 0 saturated carbocycles. The summed E-state index contributed by atoms with van der Waals surface area (Å²) < 4.78 is 2.38. The molecule has 0 unspecified atom stereocenters. The van der Waals surface area contributed by atoms with Gasteiger partial charge in [-0.3, -0.25) is 0 Å². The van der Waals surface area contributed by atoms with Gasteiger partial charge in [-0.15, -0.1) is 0 Å². The van der Waals surface area contributed by atoms with E-state index in [1.165, 1.54) is 66.3 Å². The van der Waals surface area contributed by atoms with Crippen molar-refractivity contribution in [3.05, 3.63) is 216 Å². The molecule has 0 atom stereocenters. The maximum Gasteiger partial charge on any atom is 0.0726 e. The summed E-state index contributed by atoms with van der Waals surface area (Å²) in [5.41, 5.74) is 17.2. The summed E-state index contributed by atoms with van der Waals surface area (Å²) in [4.78, 5) is 2.40. The van der Waals surface area contributed by atoms with Gasteiger partial charge in [-0.2, -0.15) is 0 Å². The molecule has 2 nitrogen and oxygen atoms in total. The highest BCUT2D eigenvalue weighted by Gasteiger charge is 2.51. The SMILES string of the molecule is c1ccc(N(c2ccc(-n3c4ccccc4c4ccccc43)cc2)c2ccc3c(c2)C2(c4ccccc4-c4ccccc42)c2ccccc2-3)cc1. The van der Waals surface area contributed by atoms with Crippen molar-refractivity contribution in [1.29, 1.82) is 0 Å². The van der Waals surface area contributed by atoms with Crippen LogP contribution >= 0.6 is 0 Å². The van der Waals surface area contributed by atoms with Gasteiger partial charge in [0, 0.05) is 33.5 Å². The van der Waals surface area contributed by atoms with E-state index in [1.54, 1.807) is 0 Å². The van der Waals surface area contributed by atoms with Crippen molar-refractivity contribution in [3.8, 4) is 27.9 Å². The molecule has 2 aliphatic carbocycles. The maximum atomic E-state index is 2.46. The standard InChI is InChI=1S/C49H32N2/c1-2-14-33(15-3-1)50(34-26-28-35(29-27-34)51-47-24-12-7-19-41(47)42-20-8-13-25-48(42)51)36-30-31-40-39-18-6-11-23-45(39)49(46(40)32-36)43-21-9-4-16-37(43)38-17-5-10-22-44(38)49/h1-32H. The second kappa shape index (κ2) is 10.7. The second-order valence-corrected chi connectivity index (χ2v) is 13.7. The molecule has 0 aliphatic heterocycles. The lowest BCUT2D eigenvalue weighted by Crippen LogP contribution is -2.26. The molecular weight excluding hydrogens is 617 g/mol. The van der Waals surface area contributed by atoms with Gasteiger partial charge in [-0.25, -0.2) is 0 Å². The van der Waals surface area contributed by atoms with Crippen LogP contribution in [0.25, 0.3) is 49.7 Å². The van der Waals surface area contributed by atoms with Gasteiger partial charge in [0.05, 0.1) is 16.4 Å². The van der Waals surface area contributed by atoms with Crippen molar-refractivity contribution in [1.82, 2.24) is 4.57 Å². The molecular formula is C49H32N2. The Morgan fingerprint density at radius 2 is 0.765 bits per heavy atom. The number of nitrogens with zero attached hydrogens (tertiary/aromatic N) is 2. The van der Waals surface area contributed by atoms with Gasteiger partial charge in [0.2, 0.25) is 0 Å². The summed E-state index contributed by atoms with van der Waals surface area (Å²) in [6.45, 7) is 0. The summed E-state index contributed by atoms with van der Waals surface area (Å²) in [6, 6.07) is 71.4. The Kier molecular flexibility index (Phi) is 5.91. The molecule has 0 saturated heterocycles. The predicted molar refractivity (Wildman–Crippen MR) is 212 cm³/mol. The van der Waals surface area contributed by atoms with Gasteiger partial charge in [-0.05, 0) is 105 Å². The number of hydrogen-bond donors (Lipinski definition) is 0. The van der Waals surface area contributed by atoms with Crippen molar-refractivity contribution >= 4 is 38.9 Å². The minimum atomic E-state index is -0.391. The molecule has 0 N–H and O–H groups in total. The average molecular weight is 649 g/mol. The van der Waals surface area contributed by atoms with Gasteiger partial charge in [0.15, 0.2) is 0 Å². The summed E-state index contributed by atoms with van der Waals surface area (Å²) in [7, 11) is 0. The first-order valence-electron chi connectivity index (χ1n) is 17.7. The molecule has 0 amide bonds. The van der Waals surface area contributed by atoms with Crippen molar-refractivity contribution in [2.45, 2.75) is 5.41 Å². The van der Waals surface area contributed by atoms with Crippen LogP contribution in [0.5, 0.6) is 0 Å². The molecule has 0 radical (unpaired) electrons. The van der Waals surface area contributed by atoms with E-state index >= 15 is 0 Å². The smallest absolute Gasteiger partial charge is 0.0726 e. The topological polar surface area (TPSA) is 8.17 Å². The molecule has 9 aromatic rings. The molecule has 2 aliphatic rings. The van der Waals surface area contributed by atoms with E-state index in [2.05, 4.69) is 204 Å². The van der Waals surface area contributed by atoms with E-state index in [-0.39, 0.29) is 0 Å². The van der Waals surface area contributed by atoms with E-state index in [0.717, 1.165) is 22.7 Å². The van der Waals surface area contributed by atoms with Crippen molar-refractivity contribution in [2.24, 2.45) is 0 Å². The Bertz CT molecular complexity index is 2690. The van der Waals surface area contributed by atoms with Crippen molar-refractivity contribution < 1.29 is 0 Å². The second-order valence-electron chi connectivity index (χ2n) is 13.7. The lowest BCUT2D eigenvalue weighted by Gasteiger charge is -2.32. The predicted octanol–water partition coefficient (Wildman–Crippen LogP) is 12.6. The minimum Gasteiger partial charge on any atom is -0.310 e. The number of benzene rings is 8. The van der Waals surface area contributed by atoms with Crippen LogP contribution in [0.1, 0.15) is 22.3 Å². The quantitative estimate of drug-likeness (QED) is 0.184. The van der Waals surface area contributed by atoms with E-state index in [9.17, 15) is 0 Å². The Morgan fingerprint density at radius 1 is 0.333 bits per heavy atom. The fourth-order valence-corrected chi connectivity index (χ4v) is 9.20. The van der Waals surface area contributed by atoms with Crippen LogP contribution in [0.15, 0.2) is 194 Å². The fourth-order valence-electron chi connectivity index (χ4n) is 9.20. The number of para-hydroxylation sites is 3.